The molecule has 6 nitrogen and oxygen atoms in total. The Labute approximate surface area is 175 Å². The van der Waals surface area contributed by atoms with Crippen molar-refractivity contribution in [3.05, 3.63) is 52.0 Å². The van der Waals surface area contributed by atoms with E-state index in [1.54, 1.807) is 18.2 Å². The minimum Gasteiger partial charge on any atom is -0.453 e. The molecule has 0 radical (unpaired) electrons. The van der Waals surface area contributed by atoms with Crippen molar-refractivity contribution in [2.75, 3.05) is 5.32 Å². The second-order valence-corrected chi connectivity index (χ2v) is 7.80. The van der Waals surface area contributed by atoms with Crippen LogP contribution < -0.4 is 5.32 Å². The monoisotopic (exact) mass is 459 g/mol. The van der Waals surface area contributed by atoms with E-state index in [-0.39, 0.29) is 21.7 Å². The molecule has 150 valence electrons. The van der Waals surface area contributed by atoms with Crippen molar-refractivity contribution in [1.82, 2.24) is 20.6 Å². The van der Waals surface area contributed by atoms with Crippen molar-refractivity contribution in [1.29, 1.82) is 0 Å². The predicted molar refractivity (Wildman–Crippen MR) is 105 cm³/mol. The first-order valence-corrected chi connectivity index (χ1v) is 9.61. The van der Waals surface area contributed by atoms with Crippen LogP contribution in [0.1, 0.15) is 5.56 Å². The van der Waals surface area contributed by atoms with Gasteiger partial charge in [-0.2, -0.15) is 18.4 Å². The molecule has 0 saturated heterocycles. The number of alkyl halides is 3. The molecule has 0 aliphatic heterocycles. The Hall–Kier alpha value is -2.43. The van der Waals surface area contributed by atoms with E-state index in [0.717, 1.165) is 10.9 Å². The minimum absolute atomic E-state index is 0.00895. The van der Waals surface area contributed by atoms with E-state index in [0.29, 0.717) is 34.4 Å². The van der Waals surface area contributed by atoms with Crippen LogP contribution in [0.15, 0.2) is 45.7 Å². The number of nitrogens with zero attached hydrogens (tertiary/aromatic N) is 3. The van der Waals surface area contributed by atoms with E-state index < -0.39 is 5.51 Å². The molecule has 2 aromatic heterocycles. The van der Waals surface area contributed by atoms with Crippen LogP contribution >= 0.6 is 35.0 Å². The SMILES string of the molecule is FC(F)(F)Sc1ccc(NCc2cc3oc(-c4nn[nH]n4)cc3cc2Cl)cc1Cl. The number of benzene rings is 2. The molecule has 0 spiro atoms. The summed E-state index contributed by atoms with van der Waals surface area (Å²) in [7, 11) is 0. The van der Waals surface area contributed by atoms with E-state index in [9.17, 15) is 13.2 Å². The van der Waals surface area contributed by atoms with Gasteiger partial charge in [-0.1, -0.05) is 23.2 Å². The van der Waals surface area contributed by atoms with Crippen molar-refractivity contribution in [2.24, 2.45) is 0 Å². The molecular weight excluding hydrogens is 450 g/mol. The molecule has 0 amide bonds. The second kappa shape index (κ2) is 7.77. The number of hydrogen-bond donors (Lipinski definition) is 2. The standard InChI is InChI=1S/C17H10Cl2F3N5OS/c18-11-3-8-4-14(16-24-26-27-25-16)28-13(8)5-9(11)7-23-10-1-2-15(12(19)6-10)29-17(20,21)22/h1-6,23H,7H2,(H,24,25,26,27). The summed E-state index contributed by atoms with van der Waals surface area (Å²) in [6.45, 7) is 0.315. The summed E-state index contributed by atoms with van der Waals surface area (Å²) in [5.74, 6) is 0.767. The molecule has 0 aliphatic carbocycles. The largest absolute Gasteiger partial charge is 0.453 e. The highest BCUT2D eigenvalue weighted by Gasteiger charge is 2.30. The van der Waals surface area contributed by atoms with Gasteiger partial charge in [0.25, 0.3) is 0 Å². The summed E-state index contributed by atoms with van der Waals surface area (Å²) >= 11 is 12.0. The van der Waals surface area contributed by atoms with Crippen molar-refractivity contribution >= 4 is 51.6 Å². The van der Waals surface area contributed by atoms with Crippen LogP contribution in [0.5, 0.6) is 0 Å². The third-order valence-corrected chi connectivity index (χ3v) is 5.48. The van der Waals surface area contributed by atoms with E-state index >= 15 is 0 Å². The van der Waals surface area contributed by atoms with Crippen molar-refractivity contribution in [3.63, 3.8) is 0 Å². The number of nitrogens with one attached hydrogen (secondary N) is 2. The molecule has 0 fully saturated rings. The first kappa shape index (κ1) is 19.9. The van der Waals surface area contributed by atoms with Gasteiger partial charge in [-0.15, -0.1) is 10.2 Å². The van der Waals surface area contributed by atoms with E-state index in [4.69, 9.17) is 27.6 Å². The van der Waals surface area contributed by atoms with Crippen molar-refractivity contribution in [2.45, 2.75) is 16.9 Å². The smallest absolute Gasteiger partial charge is 0.446 e. The van der Waals surface area contributed by atoms with Gasteiger partial charge >= 0.3 is 5.51 Å². The number of H-pyrrole nitrogens is 1. The van der Waals surface area contributed by atoms with Crippen LogP contribution in [0.25, 0.3) is 22.6 Å². The zero-order valence-electron chi connectivity index (χ0n) is 14.2. The summed E-state index contributed by atoms with van der Waals surface area (Å²) < 4.78 is 43.3. The van der Waals surface area contributed by atoms with Gasteiger partial charge in [0.05, 0.1) is 5.02 Å². The molecule has 29 heavy (non-hydrogen) atoms. The molecule has 0 unspecified atom stereocenters. The van der Waals surface area contributed by atoms with Crippen LogP contribution in [0, 0.1) is 0 Å². The Bertz CT molecular complexity index is 1160. The molecule has 0 saturated carbocycles. The average molecular weight is 460 g/mol. The molecule has 2 aromatic carbocycles. The summed E-state index contributed by atoms with van der Waals surface area (Å²) in [6, 6.07) is 9.54. The summed E-state index contributed by atoms with van der Waals surface area (Å²) in [5.41, 5.74) is -2.52. The van der Waals surface area contributed by atoms with Gasteiger partial charge in [0.1, 0.15) is 5.58 Å². The fourth-order valence-electron chi connectivity index (χ4n) is 2.63. The van der Waals surface area contributed by atoms with E-state index in [1.807, 2.05) is 0 Å². The number of halogens is 5. The first-order valence-electron chi connectivity index (χ1n) is 8.03. The highest BCUT2D eigenvalue weighted by atomic mass is 35.5. The van der Waals surface area contributed by atoms with E-state index in [1.165, 1.54) is 18.2 Å². The van der Waals surface area contributed by atoms with Crippen LogP contribution in [-0.4, -0.2) is 26.1 Å². The van der Waals surface area contributed by atoms with Crippen molar-refractivity contribution in [3.8, 4) is 11.6 Å². The number of thioether (sulfide) groups is 1. The lowest BCUT2D eigenvalue weighted by Gasteiger charge is -2.11. The zero-order chi connectivity index (χ0) is 20.6. The van der Waals surface area contributed by atoms with E-state index in [2.05, 4.69) is 25.9 Å². The molecule has 0 bridgehead atoms. The lowest BCUT2D eigenvalue weighted by atomic mass is 10.1. The second-order valence-electron chi connectivity index (χ2n) is 5.87. The Kier molecular flexibility index (Phi) is 5.32. The minimum atomic E-state index is -4.40. The third kappa shape index (κ3) is 4.60. The number of tetrazole rings is 1. The van der Waals surface area contributed by atoms with Gasteiger partial charge < -0.3 is 9.73 Å². The lowest BCUT2D eigenvalue weighted by Crippen LogP contribution is -2.01. The molecule has 4 rings (SSSR count). The van der Waals surface area contributed by atoms with Gasteiger partial charge in [-0.05, 0) is 58.9 Å². The molecular formula is C17H10Cl2F3N5OS. The molecule has 0 atom stereocenters. The normalized spacial score (nSPS) is 11.9. The topological polar surface area (TPSA) is 79.6 Å². The summed E-state index contributed by atoms with van der Waals surface area (Å²) in [6.07, 6.45) is 0. The number of hydrogen-bond acceptors (Lipinski definition) is 6. The predicted octanol–water partition coefficient (Wildman–Crippen LogP) is 6.14. The van der Waals surface area contributed by atoms with Gasteiger partial charge in [-0.25, -0.2) is 0 Å². The van der Waals surface area contributed by atoms with Gasteiger partial charge in [0.15, 0.2) is 5.76 Å². The third-order valence-electron chi connectivity index (χ3n) is 3.89. The van der Waals surface area contributed by atoms with Gasteiger partial charge in [0.2, 0.25) is 5.82 Å². The Morgan fingerprint density at radius 1 is 1.10 bits per heavy atom. The number of aromatic amines is 1. The summed E-state index contributed by atoms with van der Waals surface area (Å²) in [5, 5.41) is 18.0. The molecule has 4 aromatic rings. The quantitative estimate of drug-likeness (QED) is 0.348. The fraction of sp³-hybridized carbons (Fsp3) is 0.118. The van der Waals surface area contributed by atoms with Crippen LogP contribution in [-0.2, 0) is 6.54 Å². The van der Waals surface area contributed by atoms with Gasteiger partial charge in [-0.3, -0.25) is 0 Å². The summed E-state index contributed by atoms with van der Waals surface area (Å²) in [4.78, 5) is -0.0613. The highest BCUT2D eigenvalue weighted by molar-refractivity contribution is 8.00. The molecule has 2 heterocycles. The number of furan rings is 1. The average Bonchev–Trinajstić information content (AvgIpc) is 3.30. The Morgan fingerprint density at radius 3 is 2.62 bits per heavy atom. The lowest BCUT2D eigenvalue weighted by molar-refractivity contribution is -0.0328. The number of rotatable bonds is 5. The first-order chi connectivity index (χ1) is 13.8. The zero-order valence-corrected chi connectivity index (χ0v) is 16.5. The number of fused-ring (bicyclic) bond motifs is 1. The Balaban J connectivity index is 1.52. The molecule has 12 heteroatoms. The Morgan fingerprint density at radius 2 is 1.93 bits per heavy atom. The molecule has 0 aliphatic rings. The maximum Gasteiger partial charge on any atom is 0.446 e. The van der Waals surface area contributed by atoms with Crippen LogP contribution in [0.3, 0.4) is 0 Å². The van der Waals surface area contributed by atoms with Crippen LogP contribution in [0.4, 0.5) is 18.9 Å². The number of aromatic nitrogens is 4. The van der Waals surface area contributed by atoms with Gasteiger partial charge in [0, 0.05) is 27.5 Å². The highest BCUT2D eigenvalue weighted by Crippen LogP contribution is 2.41. The maximum absolute atomic E-state index is 12.5. The van der Waals surface area contributed by atoms with Crippen LogP contribution in [0.2, 0.25) is 10.0 Å². The maximum atomic E-state index is 12.5. The number of anilines is 1. The van der Waals surface area contributed by atoms with Crippen molar-refractivity contribution < 1.29 is 17.6 Å². The molecule has 2 N–H and O–H groups in total. The fourth-order valence-corrected chi connectivity index (χ4v) is 3.71.